The molecular formula is C71H130O3. The van der Waals surface area contributed by atoms with Crippen LogP contribution in [0.15, 0.2) is 47.1 Å². The summed E-state index contributed by atoms with van der Waals surface area (Å²) in [6.07, 6.45) is 39.4. The minimum atomic E-state index is -0.121. The molecule has 0 saturated heterocycles. The van der Waals surface area contributed by atoms with E-state index in [4.69, 9.17) is 4.74 Å². The van der Waals surface area contributed by atoms with E-state index in [1.807, 2.05) is 39.0 Å². The van der Waals surface area contributed by atoms with Crippen LogP contribution in [0.4, 0.5) is 0 Å². The molecule has 15 atom stereocenters. The topological polar surface area (TPSA) is 46.5 Å². The number of hydrogen-bond acceptors (Lipinski definition) is 3. The normalized spacial score (nSPS) is 36.7. The highest BCUT2D eigenvalue weighted by Crippen LogP contribution is 2.69. The van der Waals surface area contributed by atoms with Crippen molar-refractivity contribution in [2.75, 3.05) is 7.11 Å². The third kappa shape index (κ3) is 15.3. The molecule has 1 N–H and O–H groups in total. The van der Waals surface area contributed by atoms with Crippen LogP contribution in [-0.2, 0) is 9.53 Å². The zero-order valence-electron chi connectivity index (χ0n) is 53.3. The van der Waals surface area contributed by atoms with E-state index in [1.165, 1.54) is 153 Å². The lowest BCUT2D eigenvalue weighted by Crippen LogP contribution is -2.53. The molecule has 3 nitrogen and oxygen atoms in total. The summed E-state index contributed by atoms with van der Waals surface area (Å²) in [7, 11) is 1.91. The first kappa shape index (κ1) is 66.8. The quantitative estimate of drug-likeness (QED) is 0.148. The van der Waals surface area contributed by atoms with Crippen LogP contribution in [0.1, 0.15) is 293 Å². The lowest BCUT2D eigenvalue weighted by Gasteiger charge is -2.60. The van der Waals surface area contributed by atoms with E-state index in [1.54, 1.807) is 5.57 Å². The Morgan fingerprint density at radius 2 is 1.36 bits per heavy atom. The maximum atomic E-state index is 10.8. The van der Waals surface area contributed by atoms with Crippen molar-refractivity contribution in [1.29, 1.82) is 0 Å². The molecule has 74 heavy (non-hydrogen) atoms. The highest BCUT2D eigenvalue weighted by atomic mass is 16.5. The van der Waals surface area contributed by atoms with Gasteiger partial charge in [-0.25, -0.2) is 0 Å². The first-order valence-electron chi connectivity index (χ1n) is 32.4. The van der Waals surface area contributed by atoms with E-state index < -0.39 is 0 Å². The number of ether oxygens (including phenoxy) is 1. The maximum absolute atomic E-state index is 10.8. The molecule has 5 saturated carbocycles. The Balaban J connectivity index is 0.000000402. The highest BCUT2D eigenvalue weighted by molar-refractivity contribution is 5.88. The first-order valence-corrected chi connectivity index (χ1v) is 32.4. The van der Waals surface area contributed by atoms with Gasteiger partial charge >= 0.3 is 0 Å². The Bertz CT molecular complexity index is 1780. The fourth-order valence-corrected chi connectivity index (χ4v) is 18.3. The van der Waals surface area contributed by atoms with Gasteiger partial charge in [0, 0.05) is 15.0 Å². The Labute approximate surface area is 464 Å². The van der Waals surface area contributed by atoms with Crippen molar-refractivity contribution in [2.45, 2.75) is 304 Å². The van der Waals surface area contributed by atoms with Crippen LogP contribution in [0.5, 0.6) is 0 Å². The number of aliphatic hydroxyl groups excluding tert-OH is 1. The summed E-state index contributed by atoms with van der Waals surface area (Å²) in [5.41, 5.74) is 9.00. The van der Waals surface area contributed by atoms with Crippen LogP contribution in [-0.4, -0.2) is 30.2 Å². The van der Waals surface area contributed by atoms with Gasteiger partial charge in [-0.3, -0.25) is 4.79 Å². The molecule has 0 spiro atoms. The monoisotopic (exact) mass is 1030 g/mol. The molecule has 0 aliphatic heterocycles. The van der Waals surface area contributed by atoms with Crippen LogP contribution in [0, 0.1) is 86.3 Å². The Morgan fingerprint density at radius 3 is 1.95 bits per heavy atom. The van der Waals surface area contributed by atoms with E-state index in [0.717, 1.165) is 66.1 Å². The lowest BCUT2D eigenvalue weighted by molar-refractivity contribution is -0.114. The molecule has 0 radical (unpaired) electrons. The zero-order chi connectivity index (χ0) is 55.8. The maximum Gasteiger partial charge on any atom is 0.155 e. The number of aliphatic hydroxyl groups is 1. The molecule has 8 aliphatic rings. The summed E-state index contributed by atoms with van der Waals surface area (Å²) >= 11 is 0. The van der Waals surface area contributed by atoms with Crippen LogP contribution in [0.2, 0.25) is 0 Å². The van der Waals surface area contributed by atoms with E-state index in [2.05, 4.69) is 130 Å². The molecule has 0 amide bonds. The lowest BCUT2D eigenvalue weighted by atomic mass is 9.46. The third-order valence-corrected chi connectivity index (χ3v) is 22.2. The van der Waals surface area contributed by atoms with Crippen molar-refractivity contribution < 1.29 is 16.1 Å². The van der Waals surface area contributed by atoms with Crippen LogP contribution < -0.4 is 0 Å². The van der Waals surface area contributed by atoms with Gasteiger partial charge in [0.1, 0.15) is 0 Å². The predicted molar refractivity (Wildman–Crippen MR) is 328 cm³/mol. The molecule has 432 valence electrons. The fraction of sp³-hybridized carbons (Fsp3) is 0.873. The second-order valence-corrected chi connectivity index (χ2v) is 28.2. The fourth-order valence-electron chi connectivity index (χ4n) is 18.3. The van der Waals surface area contributed by atoms with Gasteiger partial charge in [-0.15, -0.1) is 0 Å². The van der Waals surface area contributed by atoms with Crippen molar-refractivity contribution in [3.05, 3.63) is 47.1 Å². The first-order chi connectivity index (χ1) is 34.9. The Morgan fingerprint density at radius 1 is 0.757 bits per heavy atom. The van der Waals surface area contributed by atoms with Gasteiger partial charge in [-0.2, -0.15) is 0 Å². The smallest absolute Gasteiger partial charge is 0.155 e. The summed E-state index contributed by atoms with van der Waals surface area (Å²) in [4.78, 5) is 10.3. The molecular weight excluding hydrogens is 901 g/mol. The number of carbonyl (C=O) groups is 1. The number of methoxy groups -OCH3 is 1. The standard InChI is InChI=1S/C29H48O.C28H48O.C6H10O.2C3H8.C2H6.H2/c1-19(2)9-8-10-20(3)22-12-13-23-21-11-14-25-27(4,5)26(30)16-18-29(25,7)24(21)15-17-28(22,23)6;1-19(2)8-7-9-20(3)24-12-13-25-23-11-10-21-18-22(29-6)14-16-27(21,4)26(23)15-17-28(24,25)5;1-3-5-6(7)4-2;2*1-3-2;1-2;/h9,20,22-23,25-26,30H,8,10-18H2,1-7H3;10,19-20,22-26H,7-9,11-18H2,1-6H3;4H,2-3,5H2,1H3;2*3H2,1-2H3;1-2H3;1H/t20-,22?,23?,25?,26+,28-,29-;20-,22+,23?,24?,25?,26?,27+,28-;;;;;/m11...../s1. The van der Waals surface area contributed by atoms with Crippen molar-refractivity contribution in [3.8, 4) is 0 Å². The number of hydrogen-bond donors (Lipinski definition) is 1. The summed E-state index contributed by atoms with van der Waals surface area (Å²) in [6.45, 7) is 47.4. The minimum Gasteiger partial charge on any atom is -0.393 e. The molecule has 5 fully saturated rings. The molecule has 7 unspecified atom stereocenters. The van der Waals surface area contributed by atoms with Crippen LogP contribution in [0.25, 0.3) is 0 Å². The number of fused-ring (bicyclic) bond motifs is 9. The number of ketones is 1. The van der Waals surface area contributed by atoms with Gasteiger partial charge in [0.05, 0.1) is 12.2 Å². The van der Waals surface area contributed by atoms with Gasteiger partial charge in [-0.05, 0) is 228 Å². The average Bonchev–Trinajstić information content (AvgIpc) is 3.91. The molecule has 8 aliphatic carbocycles. The number of allylic oxidation sites excluding steroid dienone is 6. The Kier molecular flexibility index (Phi) is 27.3. The highest BCUT2D eigenvalue weighted by Gasteiger charge is 2.61. The number of carbonyl (C=O) groups excluding carboxylic acids is 1. The van der Waals surface area contributed by atoms with E-state index >= 15 is 0 Å². The van der Waals surface area contributed by atoms with E-state index in [0.29, 0.717) is 40.1 Å². The molecule has 8 rings (SSSR count). The zero-order valence-corrected chi connectivity index (χ0v) is 53.3. The average molecular weight is 1030 g/mol. The van der Waals surface area contributed by atoms with Crippen molar-refractivity contribution in [3.63, 3.8) is 0 Å². The number of rotatable bonds is 13. The van der Waals surface area contributed by atoms with E-state index in [-0.39, 0.29) is 18.7 Å². The second kappa shape index (κ2) is 30.2. The Hall–Kier alpha value is -1.45. The van der Waals surface area contributed by atoms with Gasteiger partial charge in [0.2, 0.25) is 0 Å². The van der Waals surface area contributed by atoms with E-state index in [9.17, 15) is 9.90 Å². The summed E-state index contributed by atoms with van der Waals surface area (Å²) in [5, 5.41) is 10.8. The van der Waals surface area contributed by atoms with Gasteiger partial charge < -0.3 is 9.84 Å². The molecule has 3 heteroatoms. The molecule has 0 heterocycles. The third-order valence-electron chi connectivity index (χ3n) is 22.2. The van der Waals surface area contributed by atoms with Crippen molar-refractivity contribution in [1.82, 2.24) is 0 Å². The predicted octanol–water partition coefficient (Wildman–Crippen LogP) is 21.8. The second-order valence-electron chi connectivity index (χ2n) is 28.2. The summed E-state index contributed by atoms with van der Waals surface area (Å²) in [6, 6.07) is 0. The van der Waals surface area contributed by atoms with Crippen LogP contribution in [0.3, 0.4) is 0 Å². The molecule has 0 bridgehead atoms. The SMILES string of the molecule is C=CC(=O)CCC.CC.CC(C)=CCC[C@@H](C)C1CCC2C3=C(CC[C@@]21C)[C@@]1(C)CC[C@H](O)C(C)(C)C1CC3.CCC.CCC.CO[C@H]1CC[C@@]2(C)C(=CCC3C4CCC([C@H](C)CCCC(C)C)[C@@]4(C)CCC32)C1.[HH]. The molecule has 0 aromatic heterocycles. The molecule has 0 aromatic carbocycles. The summed E-state index contributed by atoms with van der Waals surface area (Å²) < 4.78 is 5.75. The van der Waals surface area contributed by atoms with Gasteiger partial charge in [0.15, 0.2) is 5.78 Å². The molecule has 0 aromatic rings. The summed E-state index contributed by atoms with van der Waals surface area (Å²) in [5.74, 6) is 9.00. The minimum absolute atomic E-state index is 0. The van der Waals surface area contributed by atoms with Crippen molar-refractivity contribution >= 4 is 5.78 Å². The van der Waals surface area contributed by atoms with Crippen molar-refractivity contribution in [2.24, 2.45) is 86.3 Å². The van der Waals surface area contributed by atoms with Gasteiger partial charge in [0.25, 0.3) is 0 Å². The van der Waals surface area contributed by atoms with Crippen LogP contribution >= 0.6 is 0 Å². The largest absolute Gasteiger partial charge is 0.393 e. The van der Waals surface area contributed by atoms with Gasteiger partial charge in [-0.1, -0.05) is 191 Å².